The van der Waals surface area contributed by atoms with Gasteiger partial charge in [0.15, 0.2) is 0 Å². The van der Waals surface area contributed by atoms with E-state index in [0.29, 0.717) is 19.3 Å². The summed E-state index contributed by atoms with van der Waals surface area (Å²) in [6, 6.07) is -5.65. The first-order valence-electron chi connectivity index (χ1n) is 14.5. The lowest BCUT2D eigenvalue weighted by atomic mass is 9.80. The number of primary amides is 1. The van der Waals surface area contributed by atoms with Gasteiger partial charge >= 0.3 is 6.03 Å². The standard InChI is InChI=1S/C27H45N5O5/c1-25(2,3)20(30-24(37)31-26(4,5)6)23(36)32-13-15-17(27(15,7)8)18(32)22(35)29-16(19(33)21(28)34)12-14-10-9-11-14/h14-18,20H,9-13H2,1-8H3,(H2,28,34)(H,29,35)(H2,30,31,37)/t15-,16+,17-,18-,20+/m0/s1/i12D2,16D. The summed E-state index contributed by atoms with van der Waals surface area (Å²) in [4.78, 5) is 66.7. The smallest absolute Gasteiger partial charge is 0.315 e. The van der Waals surface area contributed by atoms with E-state index < -0.39 is 70.9 Å². The number of rotatable bonds is 8. The summed E-state index contributed by atoms with van der Waals surface area (Å²) in [5.74, 6) is -5.55. The van der Waals surface area contributed by atoms with Crippen molar-refractivity contribution >= 4 is 29.5 Å². The Morgan fingerprint density at radius 3 is 2.14 bits per heavy atom. The van der Waals surface area contributed by atoms with Gasteiger partial charge in [-0.1, -0.05) is 53.9 Å². The van der Waals surface area contributed by atoms with Crippen molar-refractivity contribution in [2.24, 2.45) is 34.3 Å². The molecule has 0 bridgehead atoms. The predicted octanol–water partition coefficient (Wildman–Crippen LogP) is 1.71. The number of piperidine rings is 1. The number of nitrogens with two attached hydrogens (primary N) is 1. The van der Waals surface area contributed by atoms with Crippen molar-refractivity contribution in [1.82, 2.24) is 20.9 Å². The molecule has 0 aromatic rings. The zero-order chi connectivity index (χ0) is 30.8. The summed E-state index contributed by atoms with van der Waals surface area (Å²) in [5.41, 5.74) is 3.59. The number of ketones is 1. The number of nitrogens with zero attached hydrogens (tertiary/aromatic N) is 1. The topological polar surface area (TPSA) is 151 Å². The van der Waals surface area contributed by atoms with Gasteiger partial charge in [0.05, 0.1) is 7.39 Å². The lowest BCUT2D eigenvalue weighted by Crippen LogP contribution is -2.62. The van der Waals surface area contributed by atoms with Crippen molar-refractivity contribution < 1.29 is 28.1 Å². The zero-order valence-corrected chi connectivity index (χ0v) is 23.3. The molecule has 1 heterocycles. The summed E-state index contributed by atoms with van der Waals surface area (Å²) >= 11 is 0. The lowest BCUT2D eigenvalue weighted by Gasteiger charge is -2.38. The fraction of sp³-hybridized carbons (Fsp3) is 0.815. The molecule has 3 fully saturated rings. The largest absolute Gasteiger partial charge is 0.363 e. The molecule has 3 aliphatic rings. The second kappa shape index (κ2) is 9.91. The quantitative estimate of drug-likeness (QED) is 0.358. The van der Waals surface area contributed by atoms with Crippen molar-refractivity contribution in [3.8, 4) is 0 Å². The Balaban J connectivity index is 1.95. The van der Waals surface area contributed by atoms with Gasteiger partial charge in [0.2, 0.25) is 17.6 Å². The van der Waals surface area contributed by atoms with Crippen LogP contribution in [0.3, 0.4) is 0 Å². The summed E-state index contributed by atoms with van der Waals surface area (Å²) in [6.07, 6.45) is -1.07. The molecule has 0 radical (unpaired) electrons. The van der Waals surface area contributed by atoms with Crippen molar-refractivity contribution in [1.29, 1.82) is 0 Å². The second-order valence-corrected chi connectivity index (χ2v) is 13.4. The molecule has 208 valence electrons. The first-order chi connectivity index (χ1) is 18.0. The fourth-order valence-corrected chi connectivity index (χ4v) is 5.37. The Labute approximate surface area is 224 Å². The average molecular weight is 523 g/mol. The number of nitrogens with one attached hydrogen (secondary N) is 3. The van der Waals surface area contributed by atoms with Crippen LogP contribution in [0.5, 0.6) is 0 Å². The Morgan fingerprint density at radius 2 is 1.68 bits per heavy atom. The maximum atomic E-state index is 14.0. The van der Waals surface area contributed by atoms with Crippen LogP contribution < -0.4 is 21.7 Å². The third kappa shape index (κ3) is 6.26. The summed E-state index contributed by atoms with van der Waals surface area (Å²) in [5, 5.41) is 7.77. The molecular weight excluding hydrogens is 474 g/mol. The van der Waals surface area contributed by atoms with Crippen LogP contribution >= 0.6 is 0 Å². The molecule has 2 saturated carbocycles. The maximum absolute atomic E-state index is 14.0. The highest BCUT2D eigenvalue weighted by Crippen LogP contribution is 2.65. The number of fused-ring (bicyclic) bond motifs is 1. The van der Waals surface area contributed by atoms with Crippen LogP contribution in [0.4, 0.5) is 4.79 Å². The van der Waals surface area contributed by atoms with Gasteiger partial charge in [0.25, 0.3) is 5.91 Å². The van der Waals surface area contributed by atoms with E-state index in [4.69, 9.17) is 9.85 Å². The van der Waals surface area contributed by atoms with Crippen LogP contribution in [0.1, 0.15) is 85.1 Å². The van der Waals surface area contributed by atoms with E-state index in [2.05, 4.69) is 16.0 Å². The Bertz CT molecular complexity index is 1100. The fourth-order valence-electron chi connectivity index (χ4n) is 5.37. The van der Waals surface area contributed by atoms with Crippen LogP contribution in [0.25, 0.3) is 0 Å². The number of amides is 5. The number of urea groups is 1. The molecular formula is C27H45N5O5. The van der Waals surface area contributed by atoms with Gasteiger partial charge in [-0.25, -0.2) is 4.79 Å². The van der Waals surface area contributed by atoms with Gasteiger partial charge in [0.1, 0.15) is 12.1 Å². The molecule has 5 atom stereocenters. The first-order valence-corrected chi connectivity index (χ1v) is 13.0. The number of carbonyl (C=O) groups excluding carboxylic acids is 5. The van der Waals surface area contributed by atoms with Crippen LogP contribution in [-0.2, 0) is 19.2 Å². The third-order valence-electron chi connectivity index (χ3n) is 7.79. The van der Waals surface area contributed by atoms with Crippen molar-refractivity contribution in [2.75, 3.05) is 6.54 Å². The van der Waals surface area contributed by atoms with Crippen molar-refractivity contribution in [3.63, 3.8) is 0 Å². The van der Waals surface area contributed by atoms with E-state index in [1.165, 1.54) is 4.90 Å². The van der Waals surface area contributed by atoms with Gasteiger partial charge in [-0.05, 0) is 55.7 Å². The van der Waals surface area contributed by atoms with E-state index in [9.17, 15) is 24.0 Å². The average Bonchev–Trinajstić information content (AvgIpc) is 3.07. The molecule has 3 rings (SSSR count). The molecule has 10 heteroatoms. The number of Topliss-reactive ketones (excluding diaryl/α,β-unsaturated/α-hetero) is 1. The zero-order valence-electron chi connectivity index (χ0n) is 26.3. The molecule has 37 heavy (non-hydrogen) atoms. The molecule has 5 N–H and O–H groups in total. The monoisotopic (exact) mass is 522 g/mol. The van der Waals surface area contributed by atoms with Gasteiger partial charge in [-0.15, -0.1) is 0 Å². The van der Waals surface area contributed by atoms with E-state index in [-0.39, 0.29) is 23.8 Å². The van der Waals surface area contributed by atoms with E-state index in [0.717, 1.165) is 0 Å². The normalized spacial score (nSPS) is 28.7. The minimum atomic E-state index is -2.96. The predicted molar refractivity (Wildman–Crippen MR) is 139 cm³/mol. The van der Waals surface area contributed by atoms with E-state index in [1.807, 2.05) is 13.8 Å². The van der Waals surface area contributed by atoms with Crippen molar-refractivity contribution in [2.45, 2.75) is 105 Å². The van der Waals surface area contributed by atoms with Crippen molar-refractivity contribution in [3.05, 3.63) is 0 Å². The van der Waals surface area contributed by atoms with Crippen LogP contribution in [-0.4, -0.2) is 64.6 Å². The molecule has 0 aromatic carbocycles. The number of hydrogen-bond acceptors (Lipinski definition) is 5. The van der Waals surface area contributed by atoms with E-state index >= 15 is 0 Å². The molecule has 2 aliphatic carbocycles. The minimum absolute atomic E-state index is 0.0495. The highest BCUT2D eigenvalue weighted by Gasteiger charge is 2.70. The SMILES string of the molecule is [2H]C([2H])(C1CCC1)[C@@]([2H])(NC(=O)[C@@H]1[C@@H]2[C@H](CN1C(=O)[C@@H](NC(=O)NC(C)(C)C)C(C)(C)C)C2(C)C)C(=O)C(N)=O. The van der Waals surface area contributed by atoms with Crippen LogP contribution in [0, 0.1) is 28.6 Å². The van der Waals surface area contributed by atoms with Crippen LogP contribution in [0.15, 0.2) is 0 Å². The Kier molecular flexibility index (Phi) is 6.61. The molecule has 0 unspecified atom stereocenters. The first kappa shape index (κ1) is 24.7. The molecule has 0 aromatic heterocycles. The Morgan fingerprint density at radius 1 is 1.08 bits per heavy atom. The molecule has 5 amide bonds. The highest BCUT2D eigenvalue weighted by molar-refractivity contribution is 6.37. The number of carbonyl (C=O) groups is 5. The summed E-state index contributed by atoms with van der Waals surface area (Å²) in [7, 11) is 0. The molecule has 1 aliphatic heterocycles. The lowest BCUT2D eigenvalue weighted by molar-refractivity contribution is -0.145. The van der Waals surface area contributed by atoms with Gasteiger partial charge in [0, 0.05) is 14.8 Å². The number of hydrogen-bond donors (Lipinski definition) is 4. The Hall–Kier alpha value is -2.65. The minimum Gasteiger partial charge on any atom is -0.363 e. The van der Waals surface area contributed by atoms with Gasteiger partial charge in [-0.2, -0.15) is 0 Å². The van der Waals surface area contributed by atoms with E-state index in [1.54, 1.807) is 41.5 Å². The van der Waals surface area contributed by atoms with Crippen LogP contribution in [0.2, 0.25) is 0 Å². The molecule has 10 nitrogen and oxygen atoms in total. The summed E-state index contributed by atoms with van der Waals surface area (Å²) in [6.45, 7) is 14.9. The third-order valence-corrected chi connectivity index (χ3v) is 7.79. The summed E-state index contributed by atoms with van der Waals surface area (Å²) < 4.78 is 26.0. The maximum Gasteiger partial charge on any atom is 0.315 e. The molecule has 1 saturated heterocycles. The van der Waals surface area contributed by atoms with Gasteiger partial charge < -0.3 is 26.6 Å². The highest BCUT2D eigenvalue weighted by atomic mass is 16.2. The number of likely N-dealkylation sites (tertiary alicyclic amines) is 1. The molecule has 0 spiro atoms. The van der Waals surface area contributed by atoms with Gasteiger partial charge in [-0.3, -0.25) is 19.2 Å². The second-order valence-electron chi connectivity index (χ2n) is 13.4.